The highest BCUT2D eigenvalue weighted by atomic mass is 16.3. The average molecular weight is 217 g/mol. The molecule has 0 heterocycles. The molecule has 0 radical (unpaired) electrons. The number of benzene rings is 1. The van der Waals surface area contributed by atoms with Crippen molar-refractivity contribution in [1.82, 2.24) is 0 Å². The minimum atomic E-state index is -0.382. The summed E-state index contributed by atoms with van der Waals surface area (Å²) in [6.07, 6.45) is 5.19. The van der Waals surface area contributed by atoms with Gasteiger partial charge in [0.1, 0.15) is 0 Å². The Morgan fingerprint density at radius 2 is 1.69 bits per heavy atom. The first-order chi connectivity index (χ1) is 7.66. The molecule has 2 nitrogen and oxygen atoms in total. The quantitative estimate of drug-likeness (QED) is 0.807. The highest BCUT2D eigenvalue weighted by Crippen LogP contribution is 2.47. The van der Waals surface area contributed by atoms with E-state index in [9.17, 15) is 5.11 Å². The van der Waals surface area contributed by atoms with Gasteiger partial charge in [-0.05, 0) is 36.8 Å². The summed E-state index contributed by atoms with van der Waals surface area (Å²) in [6.45, 7) is 0.760. The summed E-state index contributed by atoms with van der Waals surface area (Å²) in [6, 6.07) is 8.70. The minimum absolute atomic E-state index is 0.287. The number of hydrogen-bond acceptors (Lipinski definition) is 2. The van der Waals surface area contributed by atoms with Crippen molar-refractivity contribution in [2.24, 2.45) is 5.73 Å². The van der Waals surface area contributed by atoms with Gasteiger partial charge in [0.15, 0.2) is 0 Å². The normalized spacial score (nSPS) is 24.1. The van der Waals surface area contributed by atoms with Gasteiger partial charge in [0.05, 0.1) is 5.60 Å². The fourth-order valence-corrected chi connectivity index (χ4v) is 2.44. The summed E-state index contributed by atoms with van der Waals surface area (Å²) in [7, 11) is 0. The Morgan fingerprint density at radius 3 is 2.12 bits per heavy atom. The molecule has 2 saturated carbocycles. The molecule has 0 aliphatic heterocycles. The second-order valence-corrected chi connectivity index (χ2v) is 5.58. The zero-order valence-electron chi connectivity index (χ0n) is 9.58. The maximum absolute atomic E-state index is 9.85. The van der Waals surface area contributed by atoms with Gasteiger partial charge < -0.3 is 10.8 Å². The third kappa shape index (κ3) is 1.76. The van der Waals surface area contributed by atoms with Gasteiger partial charge in [-0.15, -0.1) is 0 Å². The molecule has 1 aromatic carbocycles. The van der Waals surface area contributed by atoms with Crippen LogP contribution >= 0.6 is 0 Å². The SMILES string of the molecule is NCC1(c2ccc(CC3(O)CC3)cc2)CC1. The Kier molecular flexibility index (Phi) is 2.13. The monoisotopic (exact) mass is 217 g/mol. The van der Waals surface area contributed by atoms with E-state index >= 15 is 0 Å². The average Bonchev–Trinajstić information content (AvgIpc) is 3.18. The van der Waals surface area contributed by atoms with Crippen molar-refractivity contribution in [3.63, 3.8) is 0 Å². The van der Waals surface area contributed by atoms with Crippen LogP contribution in [0.2, 0.25) is 0 Å². The molecule has 0 unspecified atom stereocenters. The number of aliphatic hydroxyl groups is 1. The number of hydrogen-bond donors (Lipinski definition) is 2. The maximum Gasteiger partial charge on any atom is 0.0690 e. The van der Waals surface area contributed by atoms with Gasteiger partial charge >= 0.3 is 0 Å². The zero-order valence-corrected chi connectivity index (χ0v) is 9.58. The molecule has 2 fully saturated rings. The van der Waals surface area contributed by atoms with E-state index in [0.717, 1.165) is 25.8 Å². The van der Waals surface area contributed by atoms with Crippen molar-refractivity contribution in [1.29, 1.82) is 0 Å². The smallest absolute Gasteiger partial charge is 0.0690 e. The molecule has 0 bridgehead atoms. The third-order valence-electron chi connectivity index (χ3n) is 4.17. The lowest BCUT2D eigenvalue weighted by molar-refractivity contribution is 0.151. The molecule has 3 rings (SSSR count). The van der Waals surface area contributed by atoms with Crippen molar-refractivity contribution in [2.45, 2.75) is 43.1 Å². The summed E-state index contributed by atoms with van der Waals surface area (Å²) in [5.41, 5.74) is 8.34. The van der Waals surface area contributed by atoms with Gasteiger partial charge in [0.25, 0.3) is 0 Å². The van der Waals surface area contributed by atoms with E-state index in [4.69, 9.17) is 5.73 Å². The van der Waals surface area contributed by atoms with E-state index < -0.39 is 0 Å². The minimum Gasteiger partial charge on any atom is -0.390 e. The topological polar surface area (TPSA) is 46.2 Å². The summed E-state index contributed by atoms with van der Waals surface area (Å²) < 4.78 is 0. The van der Waals surface area contributed by atoms with E-state index in [1.54, 1.807) is 0 Å². The summed E-state index contributed by atoms with van der Waals surface area (Å²) in [4.78, 5) is 0. The van der Waals surface area contributed by atoms with Crippen LogP contribution in [-0.4, -0.2) is 17.3 Å². The Balaban J connectivity index is 1.75. The van der Waals surface area contributed by atoms with Gasteiger partial charge in [-0.2, -0.15) is 0 Å². The fourth-order valence-electron chi connectivity index (χ4n) is 2.44. The van der Waals surface area contributed by atoms with Crippen molar-refractivity contribution >= 4 is 0 Å². The van der Waals surface area contributed by atoms with Crippen LogP contribution in [0.5, 0.6) is 0 Å². The maximum atomic E-state index is 9.85. The standard InChI is InChI=1S/C14H19NO/c15-10-13(5-6-13)12-3-1-11(2-4-12)9-14(16)7-8-14/h1-4,16H,5-10,15H2. The van der Waals surface area contributed by atoms with Crippen molar-refractivity contribution < 1.29 is 5.11 Å². The molecule has 1 aromatic rings. The van der Waals surface area contributed by atoms with Crippen LogP contribution in [0.1, 0.15) is 36.8 Å². The molecule has 0 amide bonds. The summed E-state index contributed by atoms with van der Waals surface area (Å²) in [5, 5.41) is 9.85. The largest absolute Gasteiger partial charge is 0.390 e. The van der Waals surface area contributed by atoms with Crippen molar-refractivity contribution in [3.8, 4) is 0 Å². The summed E-state index contributed by atoms with van der Waals surface area (Å²) in [5.74, 6) is 0. The lowest BCUT2D eigenvalue weighted by Gasteiger charge is -2.14. The van der Waals surface area contributed by atoms with Gasteiger partial charge in [0.2, 0.25) is 0 Å². The molecule has 3 N–H and O–H groups in total. The van der Waals surface area contributed by atoms with Crippen LogP contribution in [0.25, 0.3) is 0 Å². The van der Waals surface area contributed by atoms with E-state index in [0.29, 0.717) is 0 Å². The molecule has 16 heavy (non-hydrogen) atoms. The first-order valence-electron chi connectivity index (χ1n) is 6.18. The fraction of sp³-hybridized carbons (Fsp3) is 0.571. The second-order valence-electron chi connectivity index (χ2n) is 5.58. The predicted octanol–water partition coefficient (Wildman–Crippen LogP) is 1.74. The van der Waals surface area contributed by atoms with Crippen molar-refractivity contribution in [2.75, 3.05) is 6.54 Å². The lowest BCUT2D eigenvalue weighted by atomic mass is 9.94. The molecular weight excluding hydrogens is 198 g/mol. The Morgan fingerprint density at radius 1 is 1.06 bits per heavy atom. The Hall–Kier alpha value is -0.860. The van der Waals surface area contributed by atoms with Gasteiger partial charge in [-0.3, -0.25) is 0 Å². The molecular formula is C14H19NO. The van der Waals surface area contributed by atoms with Crippen molar-refractivity contribution in [3.05, 3.63) is 35.4 Å². The first kappa shape index (κ1) is 10.3. The zero-order chi connectivity index (χ0) is 11.2. The molecule has 0 saturated heterocycles. The third-order valence-corrected chi connectivity index (χ3v) is 4.17. The van der Waals surface area contributed by atoms with E-state index in [1.165, 1.54) is 24.0 Å². The second kappa shape index (κ2) is 3.31. The number of nitrogens with two attached hydrogens (primary N) is 1. The Labute approximate surface area is 96.5 Å². The molecule has 2 aliphatic carbocycles. The van der Waals surface area contributed by atoms with Crippen LogP contribution in [0, 0.1) is 0 Å². The lowest BCUT2D eigenvalue weighted by Crippen LogP contribution is -2.19. The van der Waals surface area contributed by atoms with Crippen LogP contribution in [0.3, 0.4) is 0 Å². The molecule has 86 valence electrons. The van der Waals surface area contributed by atoms with E-state index in [-0.39, 0.29) is 11.0 Å². The van der Waals surface area contributed by atoms with Crippen LogP contribution in [0.4, 0.5) is 0 Å². The number of rotatable bonds is 4. The highest BCUT2D eigenvalue weighted by Gasteiger charge is 2.43. The van der Waals surface area contributed by atoms with Gasteiger partial charge in [-0.25, -0.2) is 0 Å². The van der Waals surface area contributed by atoms with Gasteiger partial charge in [-0.1, -0.05) is 24.3 Å². The molecule has 2 heteroatoms. The van der Waals surface area contributed by atoms with Crippen LogP contribution in [0.15, 0.2) is 24.3 Å². The van der Waals surface area contributed by atoms with Gasteiger partial charge in [0, 0.05) is 18.4 Å². The van der Waals surface area contributed by atoms with Crippen LogP contribution < -0.4 is 5.73 Å². The highest BCUT2D eigenvalue weighted by molar-refractivity contribution is 5.34. The molecule has 2 aliphatic rings. The van der Waals surface area contributed by atoms with E-state index in [1.807, 2.05) is 0 Å². The Bertz CT molecular complexity index is 388. The summed E-state index contributed by atoms with van der Waals surface area (Å²) >= 11 is 0. The first-order valence-corrected chi connectivity index (χ1v) is 6.18. The molecule has 0 atom stereocenters. The molecule has 0 aromatic heterocycles. The van der Waals surface area contributed by atoms with Crippen LogP contribution in [-0.2, 0) is 11.8 Å². The van der Waals surface area contributed by atoms with E-state index in [2.05, 4.69) is 24.3 Å². The predicted molar refractivity (Wildman–Crippen MR) is 64.3 cm³/mol. The molecule has 0 spiro atoms.